The van der Waals surface area contributed by atoms with Crippen molar-refractivity contribution in [1.82, 2.24) is 29.3 Å². The highest BCUT2D eigenvalue weighted by Crippen LogP contribution is 2.13. The molecule has 11 heteroatoms. The van der Waals surface area contributed by atoms with Crippen LogP contribution in [0, 0.1) is 0 Å². The molecule has 2 heterocycles. The van der Waals surface area contributed by atoms with Crippen LogP contribution in [0.3, 0.4) is 0 Å². The molecule has 130 valence electrons. The zero-order valence-corrected chi connectivity index (χ0v) is 14.4. The van der Waals surface area contributed by atoms with Gasteiger partial charge in [-0.3, -0.25) is 4.79 Å². The highest BCUT2D eigenvalue weighted by atomic mass is 35.5. The Morgan fingerprint density at radius 2 is 1.88 bits per heavy atom. The Labute approximate surface area is 147 Å². The predicted molar refractivity (Wildman–Crippen MR) is 90.1 cm³/mol. The lowest BCUT2D eigenvalue weighted by atomic mass is 10.4. The summed E-state index contributed by atoms with van der Waals surface area (Å²) in [5.74, 6) is 0.401. The third kappa shape index (κ3) is 4.10. The summed E-state index contributed by atoms with van der Waals surface area (Å²) in [4.78, 5) is 15.8. The van der Waals surface area contributed by atoms with Crippen molar-refractivity contribution in [3.63, 3.8) is 0 Å². The summed E-state index contributed by atoms with van der Waals surface area (Å²) in [7, 11) is -3.69. The first-order valence-electron chi connectivity index (χ1n) is 7.14. The molecule has 0 saturated carbocycles. The van der Waals surface area contributed by atoms with Crippen LogP contribution in [0.5, 0.6) is 0 Å². The monoisotopic (exact) mass is 380 g/mol. The first-order valence-corrected chi connectivity index (χ1v) is 9.00. The predicted octanol–water partition coefficient (Wildman–Crippen LogP) is 0.456. The highest BCUT2D eigenvalue weighted by molar-refractivity contribution is 7.89. The Hall–Kier alpha value is -2.56. The van der Waals surface area contributed by atoms with E-state index in [-0.39, 0.29) is 23.5 Å². The molecule has 0 radical (unpaired) electrons. The van der Waals surface area contributed by atoms with Crippen molar-refractivity contribution >= 4 is 21.6 Å². The van der Waals surface area contributed by atoms with E-state index in [0.29, 0.717) is 10.8 Å². The Morgan fingerprint density at radius 1 is 1.12 bits per heavy atom. The van der Waals surface area contributed by atoms with Crippen molar-refractivity contribution < 1.29 is 8.42 Å². The number of hydrogen-bond donors (Lipinski definition) is 1. The maximum absolute atomic E-state index is 12.2. The topological polar surface area (TPSA) is 112 Å². The smallest absolute Gasteiger partial charge is 0.266 e. The molecule has 0 unspecified atom stereocenters. The van der Waals surface area contributed by atoms with Gasteiger partial charge in [0.15, 0.2) is 5.82 Å². The Morgan fingerprint density at radius 3 is 2.56 bits per heavy atom. The summed E-state index contributed by atoms with van der Waals surface area (Å²) in [6, 6.07) is 8.62. The Kier molecular flexibility index (Phi) is 4.93. The van der Waals surface area contributed by atoms with Gasteiger partial charge in [-0.2, -0.15) is 5.10 Å². The third-order valence-electron chi connectivity index (χ3n) is 3.25. The molecule has 0 amide bonds. The summed E-state index contributed by atoms with van der Waals surface area (Å²) >= 11 is 5.75. The van der Waals surface area contributed by atoms with E-state index < -0.39 is 10.0 Å². The molecule has 0 fully saturated rings. The zero-order valence-electron chi connectivity index (χ0n) is 12.8. The number of hydrogen-bond acceptors (Lipinski definition) is 6. The van der Waals surface area contributed by atoms with Crippen LogP contribution >= 0.6 is 11.6 Å². The highest BCUT2D eigenvalue weighted by Gasteiger charge is 2.13. The fourth-order valence-electron chi connectivity index (χ4n) is 2.03. The molecule has 0 aliphatic carbocycles. The van der Waals surface area contributed by atoms with E-state index in [9.17, 15) is 13.2 Å². The van der Waals surface area contributed by atoms with E-state index in [1.807, 2.05) is 0 Å². The second kappa shape index (κ2) is 7.13. The number of nitrogens with zero attached hydrogens (tertiary/aromatic N) is 5. The van der Waals surface area contributed by atoms with E-state index in [2.05, 4.69) is 19.9 Å². The van der Waals surface area contributed by atoms with Crippen molar-refractivity contribution in [2.45, 2.75) is 11.4 Å². The third-order valence-corrected chi connectivity index (χ3v) is 4.97. The summed E-state index contributed by atoms with van der Waals surface area (Å²) in [6.07, 6.45) is 2.79. The van der Waals surface area contributed by atoms with Gasteiger partial charge in [0.25, 0.3) is 5.56 Å². The van der Waals surface area contributed by atoms with E-state index in [1.54, 1.807) is 0 Å². The van der Waals surface area contributed by atoms with Gasteiger partial charge in [-0.25, -0.2) is 27.5 Å². The number of aromatic nitrogens is 5. The SMILES string of the molecule is O=c1ccc(-n2cncn2)nn1CCNS(=O)(=O)c1ccc(Cl)cc1. The summed E-state index contributed by atoms with van der Waals surface area (Å²) in [5, 5.41) is 8.50. The average Bonchev–Trinajstić information content (AvgIpc) is 3.11. The fraction of sp³-hybridized carbons (Fsp3) is 0.143. The minimum absolute atomic E-state index is 0.00131. The molecule has 0 saturated heterocycles. The van der Waals surface area contributed by atoms with Crippen LogP contribution in [-0.4, -0.2) is 39.5 Å². The molecular formula is C14H13ClN6O3S. The van der Waals surface area contributed by atoms with Crippen molar-refractivity contribution in [2.75, 3.05) is 6.54 Å². The lowest BCUT2D eigenvalue weighted by Crippen LogP contribution is -2.32. The van der Waals surface area contributed by atoms with Gasteiger partial charge in [0, 0.05) is 17.6 Å². The van der Waals surface area contributed by atoms with Gasteiger partial charge in [-0.15, -0.1) is 5.10 Å². The molecule has 1 N–H and O–H groups in total. The number of halogens is 1. The van der Waals surface area contributed by atoms with E-state index in [1.165, 1.54) is 53.7 Å². The Balaban J connectivity index is 1.70. The van der Waals surface area contributed by atoms with Crippen molar-refractivity contribution in [3.05, 3.63) is 64.4 Å². The normalized spacial score (nSPS) is 11.6. The van der Waals surface area contributed by atoms with Gasteiger partial charge >= 0.3 is 0 Å². The number of nitrogens with one attached hydrogen (secondary N) is 1. The Bertz CT molecular complexity index is 1020. The van der Waals surface area contributed by atoms with Gasteiger partial charge < -0.3 is 0 Å². The van der Waals surface area contributed by atoms with E-state index in [0.717, 1.165) is 4.68 Å². The first kappa shape index (κ1) is 17.3. The maximum atomic E-state index is 12.2. The van der Waals surface area contributed by atoms with Crippen molar-refractivity contribution in [2.24, 2.45) is 0 Å². The first-order chi connectivity index (χ1) is 12.0. The molecule has 0 bridgehead atoms. The van der Waals surface area contributed by atoms with Gasteiger partial charge in [-0.05, 0) is 30.3 Å². The van der Waals surface area contributed by atoms with Crippen LogP contribution in [0.4, 0.5) is 0 Å². The molecule has 25 heavy (non-hydrogen) atoms. The standard InChI is InChI=1S/C14H13ClN6O3S/c15-11-1-3-12(4-2-11)25(23,24)18-7-8-20-14(22)6-5-13(19-20)21-10-16-9-17-21/h1-6,9-10,18H,7-8H2. The summed E-state index contributed by atoms with van der Waals surface area (Å²) in [6.45, 7) is 0.0624. The molecule has 3 rings (SSSR count). The molecule has 0 aliphatic heterocycles. The molecule has 9 nitrogen and oxygen atoms in total. The molecule has 0 atom stereocenters. The summed E-state index contributed by atoms with van der Waals surface area (Å²) < 4.78 is 29.3. The number of benzene rings is 1. The quantitative estimate of drug-likeness (QED) is 0.664. The lowest BCUT2D eigenvalue weighted by Gasteiger charge is -2.09. The second-order valence-electron chi connectivity index (χ2n) is 4.94. The van der Waals surface area contributed by atoms with Crippen LogP contribution < -0.4 is 10.3 Å². The number of rotatable bonds is 6. The second-order valence-corrected chi connectivity index (χ2v) is 7.15. The van der Waals surface area contributed by atoms with Crippen LogP contribution in [0.25, 0.3) is 5.82 Å². The van der Waals surface area contributed by atoms with Crippen molar-refractivity contribution in [1.29, 1.82) is 0 Å². The van der Waals surface area contributed by atoms with Crippen LogP contribution in [0.2, 0.25) is 5.02 Å². The molecular weight excluding hydrogens is 368 g/mol. The van der Waals surface area contributed by atoms with Crippen LogP contribution in [-0.2, 0) is 16.6 Å². The largest absolute Gasteiger partial charge is 0.268 e. The minimum atomic E-state index is -3.69. The van der Waals surface area contributed by atoms with Crippen LogP contribution in [0.1, 0.15) is 0 Å². The van der Waals surface area contributed by atoms with Gasteiger partial charge in [0.1, 0.15) is 12.7 Å². The molecule has 0 aliphatic rings. The molecule has 0 spiro atoms. The van der Waals surface area contributed by atoms with Crippen molar-refractivity contribution in [3.8, 4) is 5.82 Å². The summed E-state index contributed by atoms with van der Waals surface area (Å²) in [5.41, 5.74) is -0.352. The average molecular weight is 381 g/mol. The van der Waals surface area contributed by atoms with E-state index in [4.69, 9.17) is 11.6 Å². The maximum Gasteiger partial charge on any atom is 0.266 e. The number of sulfonamides is 1. The molecule has 2 aromatic heterocycles. The van der Waals surface area contributed by atoms with Gasteiger partial charge in [0.2, 0.25) is 10.0 Å². The minimum Gasteiger partial charge on any atom is -0.268 e. The lowest BCUT2D eigenvalue weighted by molar-refractivity contribution is 0.542. The zero-order chi connectivity index (χ0) is 17.9. The van der Waals surface area contributed by atoms with Gasteiger partial charge in [0.05, 0.1) is 11.4 Å². The fourth-order valence-corrected chi connectivity index (χ4v) is 3.18. The van der Waals surface area contributed by atoms with Crippen LogP contribution in [0.15, 0.2) is 58.7 Å². The van der Waals surface area contributed by atoms with Gasteiger partial charge in [-0.1, -0.05) is 11.6 Å². The molecule has 1 aromatic carbocycles. The van der Waals surface area contributed by atoms with E-state index >= 15 is 0 Å². The molecule has 3 aromatic rings.